The molecule has 2 rings (SSSR count). The Labute approximate surface area is 84.6 Å². The van der Waals surface area contributed by atoms with Crippen LogP contribution in [0.15, 0.2) is 0 Å². The average Bonchev–Trinajstić information content (AvgIpc) is 2.74. The largest absolute Gasteiger partial charge is 0.396 e. The second-order valence-corrected chi connectivity index (χ2v) is 4.71. The van der Waals surface area contributed by atoms with Crippen molar-refractivity contribution in [3.05, 3.63) is 0 Å². The quantitative estimate of drug-likeness (QED) is 0.420. The lowest BCUT2D eigenvalue weighted by Gasteiger charge is -2.28. The third-order valence-electron chi connectivity index (χ3n) is 3.97. The molecule has 0 amide bonds. The van der Waals surface area contributed by atoms with Crippen molar-refractivity contribution in [2.24, 2.45) is 17.1 Å². The van der Waals surface area contributed by atoms with Crippen molar-refractivity contribution in [3.63, 3.8) is 0 Å². The molecule has 4 nitrogen and oxygen atoms in total. The molecule has 0 radical (unpaired) electrons. The summed E-state index contributed by atoms with van der Waals surface area (Å²) < 4.78 is 0. The number of nitrogens with two attached hydrogens (primary N) is 1. The first-order chi connectivity index (χ1) is 6.68. The summed E-state index contributed by atoms with van der Waals surface area (Å²) in [5.74, 6) is 0.487. The zero-order valence-corrected chi connectivity index (χ0v) is 8.50. The Balaban J connectivity index is 2.13. The minimum Gasteiger partial charge on any atom is -0.396 e. The van der Waals surface area contributed by atoms with Gasteiger partial charge in [-0.1, -0.05) is 12.8 Å². The first kappa shape index (κ1) is 9.77. The summed E-state index contributed by atoms with van der Waals surface area (Å²) in [6.07, 6.45) is 4.93. The third kappa shape index (κ3) is 1.38. The molecule has 1 saturated carbocycles. The summed E-state index contributed by atoms with van der Waals surface area (Å²) in [4.78, 5) is 1.91. The maximum absolute atomic E-state index is 9.35. The van der Waals surface area contributed by atoms with Crippen LogP contribution in [0.5, 0.6) is 0 Å². The zero-order valence-electron chi connectivity index (χ0n) is 8.50. The molecule has 4 N–H and O–H groups in total. The molecule has 0 bridgehead atoms. The standard InChI is InChI=1S/C10H19N3O/c11-9(12)13-5-8(6-14)10(7-13)3-1-2-4-10/h8,14H,1-7H2,(H3,11,12)/t8-/m0/s1. The highest BCUT2D eigenvalue weighted by atomic mass is 16.3. The predicted molar refractivity (Wildman–Crippen MR) is 55.0 cm³/mol. The lowest BCUT2D eigenvalue weighted by molar-refractivity contribution is 0.137. The fourth-order valence-corrected chi connectivity index (χ4v) is 3.11. The second-order valence-electron chi connectivity index (χ2n) is 4.71. The van der Waals surface area contributed by atoms with Gasteiger partial charge in [-0.3, -0.25) is 5.41 Å². The van der Waals surface area contributed by atoms with Crippen molar-refractivity contribution in [1.82, 2.24) is 4.90 Å². The number of aliphatic hydroxyl groups excluding tert-OH is 1. The molecule has 0 aromatic rings. The Morgan fingerprint density at radius 2 is 2.14 bits per heavy atom. The van der Waals surface area contributed by atoms with E-state index in [-0.39, 0.29) is 18.0 Å². The summed E-state index contributed by atoms with van der Waals surface area (Å²) in [6.45, 7) is 1.89. The van der Waals surface area contributed by atoms with Crippen LogP contribution in [0.3, 0.4) is 0 Å². The molecule has 2 fully saturated rings. The number of aliphatic hydroxyl groups is 1. The Hall–Kier alpha value is -0.770. The van der Waals surface area contributed by atoms with Crippen LogP contribution < -0.4 is 5.73 Å². The fraction of sp³-hybridized carbons (Fsp3) is 0.900. The number of likely N-dealkylation sites (tertiary alicyclic amines) is 1. The van der Waals surface area contributed by atoms with Gasteiger partial charge in [-0.2, -0.15) is 0 Å². The monoisotopic (exact) mass is 197 g/mol. The summed E-state index contributed by atoms with van der Waals surface area (Å²) in [5, 5.41) is 16.8. The molecule has 80 valence electrons. The van der Waals surface area contributed by atoms with E-state index in [1.54, 1.807) is 0 Å². The Morgan fingerprint density at radius 1 is 1.50 bits per heavy atom. The van der Waals surface area contributed by atoms with Gasteiger partial charge in [-0.15, -0.1) is 0 Å². The van der Waals surface area contributed by atoms with Crippen LogP contribution in [-0.4, -0.2) is 35.7 Å². The Bertz CT molecular complexity index is 236. The van der Waals surface area contributed by atoms with Crippen LogP contribution in [0.4, 0.5) is 0 Å². The van der Waals surface area contributed by atoms with Crippen molar-refractivity contribution < 1.29 is 5.11 Å². The van der Waals surface area contributed by atoms with Crippen LogP contribution in [0.1, 0.15) is 25.7 Å². The molecule has 0 aromatic heterocycles. The van der Waals surface area contributed by atoms with Crippen LogP contribution in [0, 0.1) is 16.7 Å². The molecule has 4 heteroatoms. The molecule has 1 aliphatic heterocycles. The highest BCUT2D eigenvalue weighted by Gasteiger charge is 2.47. The van der Waals surface area contributed by atoms with E-state index >= 15 is 0 Å². The summed E-state index contributed by atoms with van der Waals surface area (Å²) in [7, 11) is 0. The van der Waals surface area contributed by atoms with Gasteiger partial charge in [-0.25, -0.2) is 0 Å². The fourth-order valence-electron chi connectivity index (χ4n) is 3.11. The molecule has 0 unspecified atom stereocenters. The van der Waals surface area contributed by atoms with Crippen LogP contribution in [-0.2, 0) is 0 Å². The van der Waals surface area contributed by atoms with Gasteiger partial charge >= 0.3 is 0 Å². The van der Waals surface area contributed by atoms with Gasteiger partial charge in [0.1, 0.15) is 0 Å². The molecule has 2 aliphatic rings. The van der Waals surface area contributed by atoms with Gasteiger partial charge in [0.05, 0.1) is 0 Å². The van der Waals surface area contributed by atoms with Gasteiger partial charge in [0.25, 0.3) is 0 Å². The molecule has 0 aromatic carbocycles. The van der Waals surface area contributed by atoms with Crippen LogP contribution in [0.25, 0.3) is 0 Å². The van der Waals surface area contributed by atoms with Crippen LogP contribution in [0.2, 0.25) is 0 Å². The van der Waals surface area contributed by atoms with Crippen molar-refractivity contribution in [2.45, 2.75) is 25.7 Å². The lowest BCUT2D eigenvalue weighted by atomic mass is 9.77. The summed E-state index contributed by atoms with van der Waals surface area (Å²) >= 11 is 0. The molecule has 1 atom stereocenters. The Kier molecular flexibility index (Phi) is 2.39. The maximum Gasteiger partial charge on any atom is 0.188 e. The molecule has 1 heterocycles. The van der Waals surface area contributed by atoms with E-state index in [4.69, 9.17) is 11.1 Å². The van der Waals surface area contributed by atoms with E-state index in [9.17, 15) is 5.11 Å². The van der Waals surface area contributed by atoms with E-state index in [0.29, 0.717) is 5.92 Å². The van der Waals surface area contributed by atoms with Gasteiger partial charge in [-0.05, 0) is 18.3 Å². The second kappa shape index (κ2) is 3.42. The average molecular weight is 197 g/mol. The smallest absolute Gasteiger partial charge is 0.188 e. The number of rotatable bonds is 1. The number of nitrogens with one attached hydrogen (secondary N) is 1. The lowest BCUT2D eigenvalue weighted by Crippen LogP contribution is -2.35. The van der Waals surface area contributed by atoms with Gasteiger partial charge in [0.15, 0.2) is 5.96 Å². The molecular weight excluding hydrogens is 178 g/mol. The summed E-state index contributed by atoms with van der Waals surface area (Å²) in [6, 6.07) is 0. The van der Waals surface area contributed by atoms with Crippen molar-refractivity contribution in [3.8, 4) is 0 Å². The molecule has 1 spiro atoms. The third-order valence-corrected chi connectivity index (χ3v) is 3.97. The van der Waals surface area contributed by atoms with Crippen molar-refractivity contribution in [2.75, 3.05) is 19.7 Å². The topological polar surface area (TPSA) is 73.3 Å². The van der Waals surface area contributed by atoms with Gasteiger partial charge in [0.2, 0.25) is 0 Å². The SMILES string of the molecule is N=C(N)N1C[C@@H](CO)C2(CCCC2)C1. The normalized spacial score (nSPS) is 30.1. The van der Waals surface area contributed by atoms with E-state index in [0.717, 1.165) is 13.1 Å². The maximum atomic E-state index is 9.35. The molecule has 1 saturated heterocycles. The number of guanidine groups is 1. The van der Waals surface area contributed by atoms with Crippen LogP contribution >= 0.6 is 0 Å². The van der Waals surface area contributed by atoms with Gasteiger partial charge in [0, 0.05) is 25.6 Å². The first-order valence-electron chi connectivity index (χ1n) is 5.38. The van der Waals surface area contributed by atoms with Crippen molar-refractivity contribution >= 4 is 5.96 Å². The number of nitrogens with zero attached hydrogens (tertiary/aromatic N) is 1. The highest BCUT2D eigenvalue weighted by Crippen LogP contribution is 2.48. The molecule has 14 heavy (non-hydrogen) atoms. The van der Waals surface area contributed by atoms with E-state index in [1.807, 2.05) is 4.90 Å². The van der Waals surface area contributed by atoms with E-state index in [2.05, 4.69) is 0 Å². The number of hydrogen-bond donors (Lipinski definition) is 3. The minimum atomic E-state index is 0.159. The Morgan fingerprint density at radius 3 is 2.64 bits per heavy atom. The summed E-state index contributed by atoms with van der Waals surface area (Å²) in [5.41, 5.74) is 5.76. The molecule has 1 aliphatic carbocycles. The zero-order chi connectivity index (χ0) is 10.2. The predicted octanol–water partition coefficient (Wildman–Crippen LogP) is 0.364. The minimum absolute atomic E-state index is 0.159. The highest BCUT2D eigenvalue weighted by molar-refractivity contribution is 5.75. The first-order valence-corrected chi connectivity index (χ1v) is 5.38. The number of hydrogen-bond acceptors (Lipinski definition) is 2. The van der Waals surface area contributed by atoms with Gasteiger partial charge < -0.3 is 15.7 Å². The van der Waals surface area contributed by atoms with E-state index in [1.165, 1.54) is 25.7 Å². The molecular formula is C10H19N3O. The van der Waals surface area contributed by atoms with Crippen molar-refractivity contribution in [1.29, 1.82) is 5.41 Å². The van der Waals surface area contributed by atoms with E-state index < -0.39 is 0 Å².